The number of methoxy groups -OCH3 is 1. The van der Waals surface area contributed by atoms with E-state index in [-0.39, 0.29) is 35.1 Å². The Morgan fingerprint density at radius 1 is 1.33 bits per heavy atom. The van der Waals surface area contributed by atoms with Crippen molar-refractivity contribution in [2.45, 2.75) is 6.42 Å². The Hall–Kier alpha value is -3.21. The molecular formula is C19H17NO4. The van der Waals surface area contributed by atoms with E-state index in [9.17, 15) is 14.7 Å². The number of ether oxygens (including phenoxy) is 1. The van der Waals surface area contributed by atoms with Crippen molar-refractivity contribution in [3.63, 3.8) is 0 Å². The molecule has 2 rings (SSSR count). The number of carbonyl (C=O) groups is 2. The van der Waals surface area contributed by atoms with Crippen LogP contribution in [0, 0.1) is 0 Å². The van der Waals surface area contributed by atoms with E-state index >= 15 is 0 Å². The predicted molar refractivity (Wildman–Crippen MR) is 91.0 cm³/mol. The first-order valence-electron chi connectivity index (χ1n) is 7.21. The molecule has 1 heterocycles. The lowest BCUT2D eigenvalue weighted by Crippen LogP contribution is -2.06. The van der Waals surface area contributed by atoms with Gasteiger partial charge in [0.25, 0.3) is 0 Å². The molecule has 24 heavy (non-hydrogen) atoms. The predicted octanol–water partition coefficient (Wildman–Crippen LogP) is 3.21. The fourth-order valence-electron chi connectivity index (χ4n) is 2.00. The van der Waals surface area contributed by atoms with E-state index in [0.29, 0.717) is 5.56 Å². The molecule has 1 aromatic carbocycles. The van der Waals surface area contributed by atoms with Gasteiger partial charge in [0, 0.05) is 24.4 Å². The molecule has 0 aliphatic carbocycles. The molecule has 0 bridgehead atoms. The van der Waals surface area contributed by atoms with Gasteiger partial charge >= 0.3 is 0 Å². The maximum Gasteiger partial charge on any atom is 0.181 e. The lowest BCUT2D eigenvalue weighted by Gasteiger charge is -2.06. The summed E-state index contributed by atoms with van der Waals surface area (Å²) in [6, 6.07) is 7.86. The van der Waals surface area contributed by atoms with Crippen molar-refractivity contribution in [2.75, 3.05) is 7.11 Å². The van der Waals surface area contributed by atoms with E-state index in [1.165, 1.54) is 31.4 Å². The van der Waals surface area contributed by atoms with E-state index < -0.39 is 0 Å². The van der Waals surface area contributed by atoms with Crippen LogP contribution in [0.2, 0.25) is 0 Å². The van der Waals surface area contributed by atoms with Crippen molar-refractivity contribution in [2.24, 2.45) is 0 Å². The number of carbonyl (C=O) groups excluding carboxylic acids is 2. The summed E-state index contributed by atoms with van der Waals surface area (Å²) in [5, 5.41) is 9.54. The van der Waals surface area contributed by atoms with Gasteiger partial charge in [-0.05, 0) is 47.6 Å². The Balaban J connectivity index is 2.02. The van der Waals surface area contributed by atoms with Gasteiger partial charge in [-0.15, -0.1) is 0 Å². The molecule has 0 aliphatic rings. The summed E-state index contributed by atoms with van der Waals surface area (Å²) < 4.78 is 4.97. The second kappa shape index (κ2) is 7.87. The number of phenols is 1. The van der Waals surface area contributed by atoms with Crippen LogP contribution in [0.25, 0.3) is 6.08 Å². The normalized spacial score (nSPS) is 10.5. The number of pyridine rings is 1. The molecule has 5 heteroatoms. The lowest BCUT2D eigenvalue weighted by molar-refractivity contribution is -0.111. The standard InChI is InChI=1S/C19H17NO4/c1-13(16(21)7-5-14-4-3-9-20-12-14)10-18(23)15-6-8-17(22)19(11-15)24-2/h3-9,11-12,22H,1,10H2,2H3/b7-5+. The van der Waals surface area contributed by atoms with Crippen molar-refractivity contribution in [3.8, 4) is 11.5 Å². The summed E-state index contributed by atoms with van der Waals surface area (Å²) in [5.41, 5.74) is 1.32. The van der Waals surface area contributed by atoms with Crippen molar-refractivity contribution in [3.05, 3.63) is 72.1 Å². The zero-order valence-electron chi connectivity index (χ0n) is 13.2. The van der Waals surface area contributed by atoms with Crippen LogP contribution in [0.3, 0.4) is 0 Å². The number of hydrogen-bond acceptors (Lipinski definition) is 5. The number of allylic oxidation sites excluding steroid dienone is 2. The highest BCUT2D eigenvalue weighted by Gasteiger charge is 2.14. The number of rotatable bonds is 7. The summed E-state index contributed by atoms with van der Waals surface area (Å²) in [4.78, 5) is 28.2. The topological polar surface area (TPSA) is 76.5 Å². The summed E-state index contributed by atoms with van der Waals surface area (Å²) in [7, 11) is 1.40. The third-order valence-electron chi connectivity index (χ3n) is 3.34. The minimum absolute atomic E-state index is 0.0524. The highest BCUT2D eigenvalue weighted by Crippen LogP contribution is 2.27. The average molecular weight is 323 g/mol. The minimum Gasteiger partial charge on any atom is -0.504 e. The summed E-state index contributed by atoms with van der Waals surface area (Å²) >= 11 is 0. The zero-order chi connectivity index (χ0) is 17.5. The molecule has 122 valence electrons. The quantitative estimate of drug-likeness (QED) is 0.625. The third kappa shape index (κ3) is 4.39. The fourth-order valence-corrected chi connectivity index (χ4v) is 2.00. The molecular weight excluding hydrogens is 306 g/mol. The Morgan fingerprint density at radius 2 is 2.12 bits per heavy atom. The number of benzene rings is 1. The number of ketones is 2. The maximum atomic E-state index is 12.2. The van der Waals surface area contributed by atoms with Gasteiger partial charge in [0.15, 0.2) is 23.1 Å². The molecule has 1 aromatic heterocycles. The van der Waals surface area contributed by atoms with Gasteiger partial charge in [0.05, 0.1) is 7.11 Å². The molecule has 5 nitrogen and oxygen atoms in total. The lowest BCUT2D eigenvalue weighted by atomic mass is 10.0. The maximum absolute atomic E-state index is 12.2. The van der Waals surface area contributed by atoms with E-state index in [0.717, 1.165) is 5.56 Å². The van der Waals surface area contributed by atoms with Crippen LogP contribution in [-0.2, 0) is 4.79 Å². The molecule has 0 radical (unpaired) electrons. The number of hydrogen-bond donors (Lipinski definition) is 1. The van der Waals surface area contributed by atoms with Crippen LogP contribution in [0.4, 0.5) is 0 Å². The molecule has 1 N–H and O–H groups in total. The molecule has 0 saturated carbocycles. The zero-order valence-corrected chi connectivity index (χ0v) is 13.2. The van der Waals surface area contributed by atoms with E-state index in [1.807, 2.05) is 6.07 Å². The van der Waals surface area contributed by atoms with E-state index in [2.05, 4.69) is 11.6 Å². The van der Waals surface area contributed by atoms with Gasteiger partial charge in [0.2, 0.25) is 0 Å². The van der Waals surface area contributed by atoms with E-state index in [1.54, 1.807) is 24.5 Å². The third-order valence-corrected chi connectivity index (χ3v) is 3.34. The smallest absolute Gasteiger partial charge is 0.181 e. The van der Waals surface area contributed by atoms with Crippen molar-refractivity contribution >= 4 is 17.6 Å². The van der Waals surface area contributed by atoms with Crippen LogP contribution in [-0.4, -0.2) is 28.8 Å². The number of aromatic hydroxyl groups is 1. The summed E-state index contributed by atoms with van der Waals surface area (Å²) in [6.45, 7) is 3.67. The summed E-state index contributed by atoms with van der Waals surface area (Å²) in [6.07, 6.45) is 6.14. The SMILES string of the molecule is C=C(CC(=O)c1ccc(O)c(OC)c1)C(=O)/C=C/c1cccnc1. The second-order valence-electron chi connectivity index (χ2n) is 5.07. The van der Waals surface area contributed by atoms with Crippen LogP contribution >= 0.6 is 0 Å². The Bertz CT molecular complexity index is 794. The molecule has 0 unspecified atom stereocenters. The van der Waals surface area contributed by atoms with Gasteiger partial charge in [-0.3, -0.25) is 14.6 Å². The number of nitrogens with zero attached hydrogens (tertiary/aromatic N) is 1. The highest BCUT2D eigenvalue weighted by atomic mass is 16.5. The van der Waals surface area contributed by atoms with E-state index in [4.69, 9.17) is 4.74 Å². The van der Waals surface area contributed by atoms with Gasteiger partial charge in [-0.2, -0.15) is 0 Å². The van der Waals surface area contributed by atoms with Gasteiger partial charge in [0.1, 0.15) is 0 Å². The molecule has 0 atom stereocenters. The second-order valence-corrected chi connectivity index (χ2v) is 5.07. The summed E-state index contributed by atoms with van der Waals surface area (Å²) in [5.74, 6) is -0.447. The molecule has 0 saturated heterocycles. The Kier molecular flexibility index (Phi) is 5.63. The average Bonchev–Trinajstić information content (AvgIpc) is 2.60. The molecule has 2 aromatic rings. The first-order valence-corrected chi connectivity index (χ1v) is 7.21. The monoisotopic (exact) mass is 323 g/mol. The van der Waals surface area contributed by atoms with Gasteiger partial charge in [-0.1, -0.05) is 12.6 Å². The number of aromatic nitrogens is 1. The van der Waals surface area contributed by atoms with Gasteiger partial charge in [-0.25, -0.2) is 0 Å². The first kappa shape index (κ1) is 17.1. The van der Waals surface area contributed by atoms with Crippen LogP contribution < -0.4 is 4.74 Å². The molecule has 0 fully saturated rings. The molecule has 0 spiro atoms. The minimum atomic E-state index is -0.321. The molecule has 0 amide bonds. The Labute approximate surface area is 139 Å². The van der Waals surface area contributed by atoms with Gasteiger partial charge < -0.3 is 9.84 Å². The van der Waals surface area contributed by atoms with Crippen molar-refractivity contribution in [1.29, 1.82) is 0 Å². The first-order chi connectivity index (χ1) is 11.5. The fraction of sp³-hybridized carbons (Fsp3) is 0.105. The number of phenolic OH excluding ortho intramolecular Hbond substituents is 1. The Morgan fingerprint density at radius 3 is 2.79 bits per heavy atom. The largest absolute Gasteiger partial charge is 0.504 e. The van der Waals surface area contributed by atoms with Crippen molar-refractivity contribution < 1.29 is 19.4 Å². The molecule has 0 aliphatic heterocycles. The van der Waals surface area contributed by atoms with Crippen molar-refractivity contribution in [1.82, 2.24) is 4.98 Å². The van der Waals surface area contributed by atoms with Crippen LogP contribution in [0.15, 0.2) is 61.0 Å². The van der Waals surface area contributed by atoms with Crippen LogP contribution in [0.5, 0.6) is 11.5 Å². The van der Waals surface area contributed by atoms with Crippen LogP contribution in [0.1, 0.15) is 22.3 Å². The number of Topliss-reactive ketones (excluding diaryl/α,β-unsaturated/α-hetero) is 1. The highest BCUT2D eigenvalue weighted by molar-refractivity contribution is 6.11.